The summed E-state index contributed by atoms with van der Waals surface area (Å²) < 4.78 is 0. The zero-order valence-electron chi connectivity index (χ0n) is 12.3. The summed E-state index contributed by atoms with van der Waals surface area (Å²) in [4.78, 5) is 35.4. The van der Waals surface area contributed by atoms with Gasteiger partial charge in [0.1, 0.15) is 0 Å². The van der Waals surface area contributed by atoms with Gasteiger partial charge in [0.2, 0.25) is 5.95 Å². The standard InChI is InChI=1S/C17H14N4O2/c22-13-7-6-11-12(13)9-18-15-14(11)16(23)21-17(20-15)19-8-10-4-2-1-3-5-10/h1-5,9H,6-8H2,(H2,18,19,20,21,23). The molecular formula is C17H14N4O2. The van der Waals surface area contributed by atoms with E-state index in [1.54, 1.807) is 0 Å². The predicted molar refractivity (Wildman–Crippen MR) is 86.6 cm³/mol. The third-order valence-corrected chi connectivity index (χ3v) is 4.05. The Balaban J connectivity index is 1.71. The molecule has 0 saturated carbocycles. The number of benzene rings is 1. The number of hydrogen-bond donors (Lipinski definition) is 2. The average Bonchev–Trinajstić information content (AvgIpc) is 2.95. The number of aromatic nitrogens is 3. The molecule has 0 atom stereocenters. The summed E-state index contributed by atoms with van der Waals surface area (Å²) in [5, 5.41) is 3.53. The van der Waals surface area contributed by atoms with E-state index in [-0.39, 0.29) is 11.3 Å². The summed E-state index contributed by atoms with van der Waals surface area (Å²) in [7, 11) is 0. The van der Waals surface area contributed by atoms with E-state index >= 15 is 0 Å². The number of anilines is 1. The number of pyridine rings is 1. The van der Waals surface area contributed by atoms with Crippen LogP contribution in [0.25, 0.3) is 11.0 Å². The minimum atomic E-state index is -0.260. The van der Waals surface area contributed by atoms with Crippen molar-refractivity contribution in [3.05, 3.63) is 63.6 Å². The van der Waals surface area contributed by atoms with Gasteiger partial charge >= 0.3 is 0 Å². The molecule has 6 heteroatoms. The van der Waals surface area contributed by atoms with Crippen molar-refractivity contribution in [2.45, 2.75) is 19.4 Å². The van der Waals surface area contributed by atoms with Gasteiger partial charge in [-0.25, -0.2) is 4.98 Å². The molecule has 114 valence electrons. The number of aromatic amines is 1. The molecule has 0 saturated heterocycles. The van der Waals surface area contributed by atoms with Gasteiger partial charge in [-0.05, 0) is 17.5 Å². The van der Waals surface area contributed by atoms with E-state index in [0.29, 0.717) is 41.9 Å². The highest BCUT2D eigenvalue weighted by molar-refractivity contribution is 6.04. The number of nitrogens with zero attached hydrogens (tertiary/aromatic N) is 2. The molecule has 1 aliphatic rings. The fourth-order valence-electron chi connectivity index (χ4n) is 2.90. The van der Waals surface area contributed by atoms with Crippen molar-refractivity contribution in [3.8, 4) is 0 Å². The number of Topliss-reactive ketones (excluding diaryl/α,β-unsaturated/α-hetero) is 1. The monoisotopic (exact) mass is 306 g/mol. The minimum absolute atomic E-state index is 0.0417. The van der Waals surface area contributed by atoms with Crippen molar-refractivity contribution in [1.82, 2.24) is 15.0 Å². The zero-order valence-corrected chi connectivity index (χ0v) is 12.3. The number of ketones is 1. The molecule has 3 aromatic rings. The Hall–Kier alpha value is -3.02. The van der Waals surface area contributed by atoms with Crippen LogP contribution in [0.1, 0.15) is 27.9 Å². The Labute approximate surface area is 131 Å². The van der Waals surface area contributed by atoms with E-state index in [9.17, 15) is 9.59 Å². The molecule has 0 radical (unpaired) electrons. The largest absolute Gasteiger partial charge is 0.352 e. The lowest BCUT2D eigenvalue weighted by atomic mass is 10.1. The Bertz CT molecular complexity index is 963. The highest BCUT2D eigenvalue weighted by Gasteiger charge is 2.24. The molecule has 2 aromatic heterocycles. The summed E-state index contributed by atoms with van der Waals surface area (Å²) >= 11 is 0. The van der Waals surface area contributed by atoms with Crippen LogP contribution in [-0.2, 0) is 13.0 Å². The lowest BCUT2D eigenvalue weighted by Crippen LogP contribution is -2.15. The molecule has 0 aliphatic heterocycles. The van der Waals surface area contributed by atoms with Crippen molar-refractivity contribution in [2.75, 3.05) is 5.32 Å². The molecule has 0 amide bonds. The van der Waals surface area contributed by atoms with Crippen LogP contribution in [-0.4, -0.2) is 20.7 Å². The van der Waals surface area contributed by atoms with Gasteiger partial charge in [0.05, 0.1) is 5.39 Å². The Morgan fingerprint density at radius 1 is 1.13 bits per heavy atom. The molecule has 0 unspecified atom stereocenters. The van der Waals surface area contributed by atoms with Crippen molar-refractivity contribution in [2.24, 2.45) is 0 Å². The number of hydrogen-bond acceptors (Lipinski definition) is 5. The van der Waals surface area contributed by atoms with Crippen LogP contribution < -0.4 is 10.9 Å². The Kier molecular flexibility index (Phi) is 3.15. The topological polar surface area (TPSA) is 87.7 Å². The fraction of sp³-hybridized carbons (Fsp3) is 0.176. The summed E-state index contributed by atoms with van der Waals surface area (Å²) in [6.07, 6.45) is 2.54. The molecular weight excluding hydrogens is 292 g/mol. The van der Waals surface area contributed by atoms with E-state index in [4.69, 9.17) is 0 Å². The maximum atomic E-state index is 12.4. The van der Waals surface area contributed by atoms with Gasteiger partial charge in [-0.2, -0.15) is 4.98 Å². The van der Waals surface area contributed by atoms with E-state index in [2.05, 4.69) is 20.3 Å². The Morgan fingerprint density at radius 2 is 1.96 bits per heavy atom. The van der Waals surface area contributed by atoms with E-state index in [1.165, 1.54) is 6.20 Å². The third kappa shape index (κ3) is 2.38. The predicted octanol–water partition coefficient (Wildman–Crippen LogP) is 2.06. The fourth-order valence-corrected chi connectivity index (χ4v) is 2.90. The molecule has 4 rings (SSSR count). The molecule has 1 aromatic carbocycles. The summed E-state index contributed by atoms with van der Waals surface area (Å²) in [5.74, 6) is 0.420. The number of rotatable bonds is 3. The van der Waals surface area contributed by atoms with Crippen molar-refractivity contribution < 1.29 is 4.79 Å². The van der Waals surface area contributed by atoms with Gasteiger partial charge in [0.15, 0.2) is 11.4 Å². The van der Waals surface area contributed by atoms with E-state index < -0.39 is 0 Å². The average molecular weight is 306 g/mol. The van der Waals surface area contributed by atoms with E-state index in [1.807, 2.05) is 30.3 Å². The first-order chi connectivity index (χ1) is 11.2. The molecule has 2 N–H and O–H groups in total. The van der Waals surface area contributed by atoms with Crippen LogP contribution in [0.2, 0.25) is 0 Å². The van der Waals surface area contributed by atoms with E-state index in [0.717, 1.165) is 11.1 Å². The van der Waals surface area contributed by atoms with Gasteiger partial charge in [-0.3, -0.25) is 14.6 Å². The highest BCUT2D eigenvalue weighted by Crippen LogP contribution is 2.25. The number of nitrogens with one attached hydrogen (secondary N) is 2. The lowest BCUT2D eigenvalue weighted by Gasteiger charge is -2.07. The molecule has 2 heterocycles. The number of aryl methyl sites for hydroxylation is 1. The normalized spacial score (nSPS) is 13.3. The van der Waals surface area contributed by atoms with Crippen molar-refractivity contribution >= 4 is 22.8 Å². The quantitative estimate of drug-likeness (QED) is 0.773. The van der Waals surface area contributed by atoms with Crippen LogP contribution in [0.3, 0.4) is 0 Å². The lowest BCUT2D eigenvalue weighted by molar-refractivity contribution is 0.0994. The van der Waals surface area contributed by atoms with Crippen molar-refractivity contribution in [1.29, 1.82) is 0 Å². The first-order valence-corrected chi connectivity index (χ1v) is 7.45. The first-order valence-electron chi connectivity index (χ1n) is 7.45. The summed E-state index contributed by atoms with van der Waals surface area (Å²) in [6.45, 7) is 0.554. The first kappa shape index (κ1) is 13.6. The number of H-pyrrole nitrogens is 1. The molecule has 1 aliphatic carbocycles. The number of fused-ring (bicyclic) bond motifs is 3. The van der Waals surface area contributed by atoms with Gasteiger partial charge < -0.3 is 5.32 Å². The second-order valence-corrected chi connectivity index (χ2v) is 5.53. The number of carbonyl (C=O) groups is 1. The molecule has 23 heavy (non-hydrogen) atoms. The second-order valence-electron chi connectivity index (χ2n) is 5.53. The zero-order chi connectivity index (χ0) is 15.8. The van der Waals surface area contributed by atoms with Gasteiger partial charge in [0, 0.05) is 24.7 Å². The highest BCUT2D eigenvalue weighted by atomic mass is 16.1. The van der Waals surface area contributed by atoms with Gasteiger partial charge in [-0.1, -0.05) is 30.3 Å². The van der Waals surface area contributed by atoms with Crippen LogP contribution in [0, 0.1) is 0 Å². The third-order valence-electron chi connectivity index (χ3n) is 4.05. The van der Waals surface area contributed by atoms with Crippen LogP contribution in [0.5, 0.6) is 0 Å². The smallest absolute Gasteiger partial charge is 0.262 e. The molecule has 0 fully saturated rings. The van der Waals surface area contributed by atoms with Gasteiger partial charge in [-0.15, -0.1) is 0 Å². The maximum Gasteiger partial charge on any atom is 0.262 e. The molecule has 0 spiro atoms. The molecule has 0 bridgehead atoms. The van der Waals surface area contributed by atoms with Gasteiger partial charge in [0.25, 0.3) is 5.56 Å². The second kappa shape index (κ2) is 5.31. The Morgan fingerprint density at radius 3 is 2.78 bits per heavy atom. The van der Waals surface area contributed by atoms with Crippen molar-refractivity contribution in [3.63, 3.8) is 0 Å². The SMILES string of the molecule is O=C1CCc2c1cnc1nc(NCc3ccccc3)[nH]c(=O)c21. The minimum Gasteiger partial charge on any atom is -0.352 e. The number of carbonyl (C=O) groups excluding carboxylic acids is 1. The van der Waals surface area contributed by atoms with Crippen LogP contribution >= 0.6 is 0 Å². The summed E-state index contributed by atoms with van der Waals surface area (Å²) in [5.41, 5.74) is 2.52. The summed E-state index contributed by atoms with van der Waals surface area (Å²) in [6, 6.07) is 9.84. The van der Waals surface area contributed by atoms with Crippen LogP contribution in [0.15, 0.2) is 41.3 Å². The maximum absolute atomic E-state index is 12.4. The van der Waals surface area contributed by atoms with Crippen LogP contribution in [0.4, 0.5) is 5.95 Å². The molecule has 6 nitrogen and oxygen atoms in total.